The molecule has 0 aliphatic heterocycles. The number of hydrogen-bond acceptors (Lipinski definition) is 3. The van der Waals surface area contributed by atoms with Gasteiger partial charge in [0.15, 0.2) is 0 Å². The summed E-state index contributed by atoms with van der Waals surface area (Å²) in [6.45, 7) is 2.98. The molecule has 0 aromatic heterocycles. The summed E-state index contributed by atoms with van der Waals surface area (Å²) in [7, 11) is 0. The quantitative estimate of drug-likeness (QED) is 0.211. The molecule has 1 fully saturated rings. The molecule has 0 atom stereocenters. The summed E-state index contributed by atoms with van der Waals surface area (Å²) in [6.07, 6.45) is 13.4. The summed E-state index contributed by atoms with van der Waals surface area (Å²) < 4.78 is 24.0. The first kappa shape index (κ1) is 23.3. The van der Waals surface area contributed by atoms with Crippen LogP contribution in [-0.4, -0.2) is 12.6 Å². The van der Waals surface area contributed by atoms with Gasteiger partial charge in [-0.15, -0.1) is 0 Å². The van der Waals surface area contributed by atoms with Gasteiger partial charge in [-0.3, -0.25) is 0 Å². The molecule has 4 heteroatoms. The summed E-state index contributed by atoms with van der Waals surface area (Å²) in [5.74, 6) is 2.07. The molecule has 0 heterocycles. The number of benzene rings is 2. The zero-order valence-corrected chi connectivity index (χ0v) is 18.7. The first-order valence-corrected chi connectivity index (χ1v) is 11.8. The Kier molecular flexibility index (Phi) is 9.39. The van der Waals surface area contributed by atoms with Crippen molar-refractivity contribution in [3.05, 3.63) is 59.9 Å². The van der Waals surface area contributed by atoms with E-state index in [2.05, 4.69) is 6.92 Å². The van der Waals surface area contributed by atoms with Crippen LogP contribution in [0, 0.1) is 17.7 Å². The van der Waals surface area contributed by atoms with Crippen molar-refractivity contribution in [3.63, 3.8) is 0 Å². The summed E-state index contributed by atoms with van der Waals surface area (Å²) in [4.78, 5) is 12.2. The fourth-order valence-electron chi connectivity index (χ4n) is 4.41. The topological polar surface area (TPSA) is 35.5 Å². The van der Waals surface area contributed by atoms with Crippen molar-refractivity contribution in [3.8, 4) is 11.5 Å². The van der Waals surface area contributed by atoms with E-state index in [1.54, 1.807) is 24.3 Å². The third-order valence-electron chi connectivity index (χ3n) is 6.32. The molecule has 0 unspecified atom stereocenters. The van der Waals surface area contributed by atoms with E-state index in [1.165, 1.54) is 82.1 Å². The minimum absolute atomic E-state index is 0.321. The SMILES string of the molecule is CCCCCC1CCC(CCCOc2ccc(C(=O)Oc3ccc(F)cc3)cc2)CC1. The van der Waals surface area contributed by atoms with E-state index >= 15 is 0 Å². The van der Waals surface area contributed by atoms with Crippen LogP contribution in [0.3, 0.4) is 0 Å². The van der Waals surface area contributed by atoms with Gasteiger partial charge >= 0.3 is 5.97 Å². The molecule has 1 aliphatic rings. The van der Waals surface area contributed by atoms with Gasteiger partial charge in [-0.1, -0.05) is 58.3 Å². The third-order valence-corrected chi connectivity index (χ3v) is 6.32. The summed E-state index contributed by atoms with van der Waals surface area (Å²) in [5.41, 5.74) is 0.437. The van der Waals surface area contributed by atoms with Gasteiger partial charge < -0.3 is 9.47 Å². The highest BCUT2D eigenvalue weighted by atomic mass is 19.1. The predicted octanol–water partition coefficient (Wildman–Crippen LogP) is 7.59. The molecule has 0 radical (unpaired) electrons. The van der Waals surface area contributed by atoms with Crippen molar-refractivity contribution in [1.82, 2.24) is 0 Å². The smallest absolute Gasteiger partial charge is 0.343 e. The molecule has 0 amide bonds. The Morgan fingerprint density at radius 3 is 2.03 bits per heavy atom. The average molecular weight is 427 g/mol. The highest BCUT2D eigenvalue weighted by Gasteiger charge is 2.20. The van der Waals surface area contributed by atoms with Crippen LogP contribution in [0.15, 0.2) is 48.5 Å². The van der Waals surface area contributed by atoms with Crippen molar-refractivity contribution >= 4 is 5.97 Å². The molecule has 1 saturated carbocycles. The lowest BCUT2D eigenvalue weighted by molar-refractivity contribution is 0.0734. The zero-order chi connectivity index (χ0) is 21.9. The molecule has 0 spiro atoms. The lowest BCUT2D eigenvalue weighted by atomic mass is 9.78. The largest absolute Gasteiger partial charge is 0.494 e. The van der Waals surface area contributed by atoms with Crippen molar-refractivity contribution in [2.75, 3.05) is 6.61 Å². The summed E-state index contributed by atoms with van der Waals surface area (Å²) in [5, 5.41) is 0. The Labute approximate surface area is 186 Å². The van der Waals surface area contributed by atoms with Crippen LogP contribution in [0.1, 0.15) is 81.5 Å². The monoisotopic (exact) mass is 426 g/mol. The van der Waals surface area contributed by atoms with Gasteiger partial charge in [0.2, 0.25) is 0 Å². The van der Waals surface area contributed by atoms with E-state index in [1.807, 2.05) is 0 Å². The second kappa shape index (κ2) is 12.5. The molecule has 168 valence electrons. The molecule has 1 aliphatic carbocycles. The van der Waals surface area contributed by atoms with Crippen LogP contribution >= 0.6 is 0 Å². The fraction of sp³-hybridized carbons (Fsp3) is 0.519. The molecule has 2 aromatic carbocycles. The van der Waals surface area contributed by atoms with Crippen molar-refractivity contribution in [1.29, 1.82) is 0 Å². The Hall–Kier alpha value is -2.36. The van der Waals surface area contributed by atoms with Gasteiger partial charge in [0.1, 0.15) is 17.3 Å². The summed E-state index contributed by atoms with van der Waals surface area (Å²) >= 11 is 0. The van der Waals surface area contributed by atoms with E-state index in [0.29, 0.717) is 17.9 Å². The average Bonchev–Trinajstić information content (AvgIpc) is 2.80. The van der Waals surface area contributed by atoms with Gasteiger partial charge in [0.25, 0.3) is 0 Å². The lowest BCUT2D eigenvalue weighted by Crippen LogP contribution is -2.15. The van der Waals surface area contributed by atoms with Crippen LogP contribution in [0.4, 0.5) is 4.39 Å². The van der Waals surface area contributed by atoms with Crippen LogP contribution < -0.4 is 9.47 Å². The van der Waals surface area contributed by atoms with E-state index in [0.717, 1.165) is 24.0 Å². The second-order valence-corrected chi connectivity index (χ2v) is 8.74. The number of ether oxygens (including phenoxy) is 2. The second-order valence-electron chi connectivity index (χ2n) is 8.74. The maximum Gasteiger partial charge on any atom is 0.343 e. The highest BCUT2D eigenvalue weighted by molar-refractivity contribution is 5.91. The predicted molar refractivity (Wildman–Crippen MR) is 122 cm³/mol. The molecule has 31 heavy (non-hydrogen) atoms. The van der Waals surface area contributed by atoms with Gasteiger partial charge in [-0.25, -0.2) is 9.18 Å². The van der Waals surface area contributed by atoms with Crippen LogP contribution in [0.5, 0.6) is 11.5 Å². The molecular formula is C27H35FO3. The standard InChI is InChI=1S/C27H35FO3/c1-2-3-4-6-21-8-10-22(11-9-21)7-5-20-30-25-16-12-23(13-17-25)27(29)31-26-18-14-24(28)15-19-26/h12-19,21-22H,2-11,20H2,1H3. The zero-order valence-electron chi connectivity index (χ0n) is 18.7. The van der Waals surface area contributed by atoms with E-state index in [4.69, 9.17) is 9.47 Å². The van der Waals surface area contributed by atoms with Crippen LogP contribution in [0.25, 0.3) is 0 Å². The first-order chi connectivity index (χ1) is 15.1. The van der Waals surface area contributed by atoms with Crippen molar-refractivity contribution < 1.29 is 18.7 Å². The van der Waals surface area contributed by atoms with E-state index < -0.39 is 5.97 Å². The number of carbonyl (C=O) groups excluding carboxylic acids is 1. The molecular weight excluding hydrogens is 391 g/mol. The number of unbranched alkanes of at least 4 members (excludes halogenated alkanes) is 2. The Bertz CT molecular complexity index is 777. The van der Waals surface area contributed by atoms with Gasteiger partial charge in [-0.2, -0.15) is 0 Å². The lowest BCUT2D eigenvalue weighted by Gasteiger charge is -2.28. The molecule has 2 aromatic rings. The van der Waals surface area contributed by atoms with Gasteiger partial charge in [0.05, 0.1) is 12.2 Å². The third kappa shape index (κ3) is 8.01. The number of hydrogen-bond donors (Lipinski definition) is 0. The van der Waals surface area contributed by atoms with E-state index in [-0.39, 0.29) is 5.82 Å². The van der Waals surface area contributed by atoms with Gasteiger partial charge in [0, 0.05) is 0 Å². The number of rotatable bonds is 11. The molecule has 0 saturated heterocycles. The molecule has 3 nitrogen and oxygen atoms in total. The maximum absolute atomic E-state index is 12.9. The van der Waals surface area contributed by atoms with Crippen molar-refractivity contribution in [2.24, 2.45) is 11.8 Å². The normalized spacial score (nSPS) is 18.5. The molecule has 3 rings (SSSR count). The fourth-order valence-corrected chi connectivity index (χ4v) is 4.41. The van der Waals surface area contributed by atoms with Crippen LogP contribution in [-0.2, 0) is 0 Å². The van der Waals surface area contributed by atoms with Gasteiger partial charge in [-0.05, 0) is 73.2 Å². The Morgan fingerprint density at radius 1 is 0.839 bits per heavy atom. The molecule has 0 N–H and O–H groups in total. The van der Waals surface area contributed by atoms with E-state index in [9.17, 15) is 9.18 Å². The highest BCUT2D eigenvalue weighted by Crippen LogP contribution is 2.34. The minimum atomic E-state index is -0.469. The maximum atomic E-state index is 12.9. The number of esters is 1. The Morgan fingerprint density at radius 2 is 1.42 bits per heavy atom. The molecule has 0 bridgehead atoms. The van der Waals surface area contributed by atoms with Crippen LogP contribution in [0.2, 0.25) is 0 Å². The Balaban J connectivity index is 1.32. The number of carbonyl (C=O) groups is 1. The summed E-state index contributed by atoms with van der Waals surface area (Å²) in [6, 6.07) is 12.4. The van der Waals surface area contributed by atoms with Crippen molar-refractivity contribution in [2.45, 2.75) is 71.1 Å². The number of halogens is 1. The minimum Gasteiger partial charge on any atom is -0.494 e. The first-order valence-electron chi connectivity index (χ1n) is 11.8.